The lowest BCUT2D eigenvalue weighted by Gasteiger charge is -2.39. The molecule has 2 saturated heterocycles. The van der Waals surface area contributed by atoms with Gasteiger partial charge in [-0.1, -0.05) is 6.92 Å². The Balaban J connectivity index is 1.54. The Labute approximate surface area is 145 Å². The lowest BCUT2D eigenvalue weighted by Crippen LogP contribution is -2.53. The third-order valence-electron chi connectivity index (χ3n) is 5.46. The monoisotopic (exact) mass is 333 g/mol. The number of nitrogens with zero attached hydrogens (tertiary/aromatic N) is 5. The summed E-state index contributed by atoms with van der Waals surface area (Å²) >= 11 is 0. The third-order valence-corrected chi connectivity index (χ3v) is 5.46. The molecule has 0 saturated carbocycles. The van der Waals surface area contributed by atoms with E-state index in [2.05, 4.69) is 47.9 Å². The highest BCUT2D eigenvalue weighted by Crippen LogP contribution is 2.24. The van der Waals surface area contributed by atoms with Crippen LogP contribution in [0.5, 0.6) is 0 Å². The maximum Gasteiger partial charge on any atom is 0.219 e. The minimum Gasteiger partial charge on any atom is -0.340 e. The van der Waals surface area contributed by atoms with Gasteiger partial charge in [0.2, 0.25) is 5.91 Å². The first kappa shape index (κ1) is 17.4. The summed E-state index contributed by atoms with van der Waals surface area (Å²) in [7, 11) is 0. The van der Waals surface area contributed by atoms with Crippen LogP contribution in [0.25, 0.3) is 0 Å². The molecule has 2 atom stereocenters. The van der Waals surface area contributed by atoms with Crippen LogP contribution >= 0.6 is 0 Å². The van der Waals surface area contributed by atoms with Gasteiger partial charge in [-0.15, -0.1) is 0 Å². The Morgan fingerprint density at radius 1 is 1.25 bits per heavy atom. The highest BCUT2D eigenvalue weighted by molar-refractivity contribution is 5.73. The number of carbonyl (C=O) groups excluding carboxylic acids is 1. The van der Waals surface area contributed by atoms with Crippen LogP contribution in [0.3, 0.4) is 0 Å². The van der Waals surface area contributed by atoms with Gasteiger partial charge >= 0.3 is 0 Å². The van der Waals surface area contributed by atoms with Crippen LogP contribution in [0.1, 0.15) is 39.4 Å². The SMILES string of the molecule is CC(=O)N1CCN(C2CN(Cc3ccn(C(C)C)n3)CC2C)CC1. The molecular formula is C18H31N5O. The van der Waals surface area contributed by atoms with E-state index in [9.17, 15) is 4.79 Å². The van der Waals surface area contributed by atoms with Gasteiger partial charge in [-0.05, 0) is 25.8 Å². The average molecular weight is 333 g/mol. The molecule has 0 spiro atoms. The van der Waals surface area contributed by atoms with Crippen LogP contribution in [-0.4, -0.2) is 75.7 Å². The summed E-state index contributed by atoms with van der Waals surface area (Å²) in [6.45, 7) is 15.3. The average Bonchev–Trinajstić information content (AvgIpc) is 3.14. The molecule has 134 valence electrons. The minimum absolute atomic E-state index is 0.205. The van der Waals surface area contributed by atoms with E-state index in [4.69, 9.17) is 0 Å². The summed E-state index contributed by atoms with van der Waals surface area (Å²) in [6, 6.07) is 3.16. The topological polar surface area (TPSA) is 44.6 Å². The zero-order valence-corrected chi connectivity index (χ0v) is 15.5. The molecule has 2 unspecified atom stereocenters. The van der Waals surface area contributed by atoms with Crippen molar-refractivity contribution in [3.63, 3.8) is 0 Å². The fourth-order valence-corrected chi connectivity index (χ4v) is 4.00. The predicted octanol–water partition coefficient (Wildman–Crippen LogP) is 1.45. The van der Waals surface area contributed by atoms with Crippen molar-refractivity contribution in [2.24, 2.45) is 5.92 Å². The quantitative estimate of drug-likeness (QED) is 0.837. The molecule has 0 aromatic carbocycles. The molecule has 24 heavy (non-hydrogen) atoms. The van der Waals surface area contributed by atoms with Gasteiger partial charge in [0.05, 0.1) is 5.69 Å². The lowest BCUT2D eigenvalue weighted by atomic mass is 10.0. The van der Waals surface area contributed by atoms with Crippen molar-refractivity contribution in [1.82, 2.24) is 24.5 Å². The fraction of sp³-hybridized carbons (Fsp3) is 0.778. The predicted molar refractivity (Wildman–Crippen MR) is 94.7 cm³/mol. The molecule has 2 aliphatic rings. The van der Waals surface area contributed by atoms with Gasteiger partial charge in [0.1, 0.15) is 0 Å². The molecule has 0 bridgehead atoms. The van der Waals surface area contributed by atoms with Gasteiger partial charge in [0.25, 0.3) is 0 Å². The number of carbonyl (C=O) groups is 1. The smallest absolute Gasteiger partial charge is 0.219 e. The van der Waals surface area contributed by atoms with Crippen molar-refractivity contribution in [3.05, 3.63) is 18.0 Å². The first-order valence-corrected chi connectivity index (χ1v) is 9.20. The highest BCUT2D eigenvalue weighted by atomic mass is 16.2. The zero-order chi connectivity index (χ0) is 17.3. The van der Waals surface area contributed by atoms with Gasteiger partial charge in [-0.25, -0.2) is 0 Å². The van der Waals surface area contributed by atoms with Crippen LogP contribution in [-0.2, 0) is 11.3 Å². The highest BCUT2D eigenvalue weighted by Gasteiger charge is 2.35. The van der Waals surface area contributed by atoms with Crippen LogP contribution in [0.4, 0.5) is 0 Å². The molecule has 2 fully saturated rings. The summed E-state index contributed by atoms with van der Waals surface area (Å²) < 4.78 is 2.04. The van der Waals surface area contributed by atoms with Gasteiger partial charge in [-0.2, -0.15) is 5.10 Å². The Bertz CT molecular complexity index is 562. The number of likely N-dealkylation sites (tertiary alicyclic amines) is 1. The first-order valence-electron chi connectivity index (χ1n) is 9.20. The maximum absolute atomic E-state index is 11.5. The maximum atomic E-state index is 11.5. The standard InChI is InChI=1S/C18H31N5O/c1-14(2)23-6-5-17(19-23)12-20-11-15(3)18(13-20)22-9-7-21(8-10-22)16(4)24/h5-6,14-15,18H,7-13H2,1-4H3. The molecule has 3 heterocycles. The van der Waals surface area contributed by atoms with E-state index in [1.54, 1.807) is 6.92 Å². The fourth-order valence-electron chi connectivity index (χ4n) is 4.00. The van der Waals surface area contributed by atoms with Crippen LogP contribution in [0.2, 0.25) is 0 Å². The van der Waals surface area contributed by atoms with Gasteiger partial charge in [-0.3, -0.25) is 19.3 Å². The van der Waals surface area contributed by atoms with Crippen molar-refractivity contribution in [3.8, 4) is 0 Å². The molecule has 2 aliphatic heterocycles. The summed E-state index contributed by atoms with van der Waals surface area (Å²) in [5.41, 5.74) is 1.16. The molecule has 1 aromatic heterocycles. The molecule has 0 N–H and O–H groups in total. The Kier molecular flexibility index (Phi) is 5.25. The minimum atomic E-state index is 0.205. The van der Waals surface area contributed by atoms with Crippen LogP contribution in [0.15, 0.2) is 12.3 Å². The Hall–Kier alpha value is -1.40. The van der Waals surface area contributed by atoms with E-state index in [1.807, 2.05) is 9.58 Å². The van der Waals surface area contributed by atoms with Crippen molar-refractivity contribution < 1.29 is 4.79 Å². The second kappa shape index (κ2) is 7.23. The molecule has 6 heteroatoms. The molecule has 0 radical (unpaired) electrons. The molecule has 1 aromatic rings. The van der Waals surface area contributed by atoms with E-state index in [0.29, 0.717) is 18.0 Å². The van der Waals surface area contributed by atoms with E-state index in [1.165, 1.54) is 0 Å². The molecule has 0 aliphatic carbocycles. The number of hydrogen-bond acceptors (Lipinski definition) is 4. The summed E-state index contributed by atoms with van der Waals surface area (Å²) in [5.74, 6) is 0.873. The van der Waals surface area contributed by atoms with E-state index < -0.39 is 0 Å². The molecule has 3 rings (SSSR count). The van der Waals surface area contributed by atoms with Gasteiger partial charge < -0.3 is 4.90 Å². The van der Waals surface area contributed by atoms with E-state index in [-0.39, 0.29) is 5.91 Å². The normalized spacial score (nSPS) is 26.5. The number of piperazine rings is 1. The zero-order valence-electron chi connectivity index (χ0n) is 15.5. The van der Waals surface area contributed by atoms with Crippen molar-refractivity contribution >= 4 is 5.91 Å². The second-order valence-electron chi connectivity index (χ2n) is 7.66. The lowest BCUT2D eigenvalue weighted by molar-refractivity contribution is -0.130. The van der Waals surface area contributed by atoms with E-state index in [0.717, 1.165) is 51.5 Å². The van der Waals surface area contributed by atoms with Gasteiger partial charge in [0.15, 0.2) is 0 Å². The van der Waals surface area contributed by atoms with E-state index >= 15 is 0 Å². The number of hydrogen-bond donors (Lipinski definition) is 0. The Morgan fingerprint density at radius 3 is 2.54 bits per heavy atom. The number of amides is 1. The largest absolute Gasteiger partial charge is 0.340 e. The number of rotatable bonds is 4. The number of aromatic nitrogens is 2. The van der Waals surface area contributed by atoms with Crippen LogP contribution in [0, 0.1) is 5.92 Å². The molecular weight excluding hydrogens is 302 g/mol. The summed E-state index contributed by atoms with van der Waals surface area (Å²) in [6.07, 6.45) is 2.08. The molecule has 1 amide bonds. The molecule has 6 nitrogen and oxygen atoms in total. The van der Waals surface area contributed by atoms with Crippen molar-refractivity contribution in [2.75, 3.05) is 39.3 Å². The van der Waals surface area contributed by atoms with Crippen LogP contribution < -0.4 is 0 Å². The third kappa shape index (κ3) is 3.81. The summed E-state index contributed by atoms with van der Waals surface area (Å²) in [4.78, 5) is 18.6. The second-order valence-corrected chi connectivity index (χ2v) is 7.66. The summed E-state index contributed by atoms with van der Waals surface area (Å²) in [5, 5.41) is 4.68. The van der Waals surface area contributed by atoms with Gasteiger partial charge in [0, 0.05) is 71.0 Å². The van der Waals surface area contributed by atoms with Crippen molar-refractivity contribution in [2.45, 2.75) is 46.3 Å². The Morgan fingerprint density at radius 2 is 1.96 bits per heavy atom. The van der Waals surface area contributed by atoms with Crippen molar-refractivity contribution in [1.29, 1.82) is 0 Å². The first-order chi connectivity index (χ1) is 11.4.